The molecule has 0 radical (unpaired) electrons. The molecule has 0 aromatic heterocycles. The van der Waals surface area contributed by atoms with Gasteiger partial charge in [0.25, 0.3) is 21.8 Å². The van der Waals surface area contributed by atoms with E-state index in [4.69, 9.17) is 33.2 Å². The zero-order valence-corrected chi connectivity index (χ0v) is 21.3. The molecule has 0 spiro atoms. The summed E-state index contributed by atoms with van der Waals surface area (Å²) in [5.74, 6) is -2.55. The topological polar surface area (TPSA) is 177 Å². The molecule has 37 heavy (non-hydrogen) atoms. The van der Waals surface area contributed by atoms with Gasteiger partial charge in [-0.25, -0.2) is 12.8 Å². The van der Waals surface area contributed by atoms with E-state index < -0.39 is 45.0 Å². The SMILES string of the molecule is Cl.N=C(N)c1ccc(CNC(=O)c2cc(Cl)c(F)c(NS(=O)(=O)c3ccccc3)c2)c(OCC(N)=O)c1. The second kappa shape index (κ2) is 12.4. The zero-order valence-electron chi connectivity index (χ0n) is 19.0. The van der Waals surface area contributed by atoms with Gasteiger partial charge >= 0.3 is 0 Å². The van der Waals surface area contributed by atoms with Gasteiger partial charge in [-0.2, -0.15) is 0 Å². The Morgan fingerprint density at radius 1 is 1.03 bits per heavy atom. The standard InChI is InChI=1S/C23H21ClFN5O5S.ClH/c24-17-8-15(9-18(21(17)25)30-36(33,34)16-4-2-1-3-5-16)23(32)29-11-14-7-6-13(22(27)28)10-19(14)35-12-20(26)31;/h1-10,30H,11-12H2,(H2,26,31)(H3,27,28)(H,29,32);1H. The molecule has 14 heteroatoms. The monoisotopic (exact) mass is 569 g/mol. The highest BCUT2D eigenvalue weighted by Crippen LogP contribution is 2.27. The van der Waals surface area contributed by atoms with Gasteiger partial charge in [0, 0.05) is 23.2 Å². The third-order valence-corrected chi connectivity index (χ3v) is 6.43. The summed E-state index contributed by atoms with van der Waals surface area (Å²) >= 11 is 5.91. The number of carbonyl (C=O) groups excluding carboxylic acids is 2. The molecule has 0 aliphatic heterocycles. The normalized spacial score (nSPS) is 10.6. The Hall–Kier alpha value is -3.87. The average Bonchev–Trinajstić information content (AvgIpc) is 2.84. The lowest BCUT2D eigenvalue weighted by molar-refractivity contribution is -0.119. The van der Waals surface area contributed by atoms with E-state index in [1.165, 1.54) is 42.5 Å². The molecule has 10 nitrogen and oxygen atoms in total. The van der Waals surface area contributed by atoms with Crippen molar-refractivity contribution in [2.75, 3.05) is 11.3 Å². The summed E-state index contributed by atoms with van der Waals surface area (Å²) in [5.41, 5.74) is 10.7. The molecule has 3 rings (SSSR count). The van der Waals surface area contributed by atoms with E-state index in [1.54, 1.807) is 6.07 Å². The molecule has 3 aromatic carbocycles. The summed E-state index contributed by atoms with van der Waals surface area (Å²) in [6.07, 6.45) is 0. The van der Waals surface area contributed by atoms with E-state index in [9.17, 15) is 22.4 Å². The predicted octanol–water partition coefficient (Wildman–Crippen LogP) is 2.78. The van der Waals surface area contributed by atoms with Crippen LogP contribution < -0.4 is 26.2 Å². The number of carbonyl (C=O) groups is 2. The molecular weight excluding hydrogens is 548 g/mol. The number of nitrogens with two attached hydrogens (primary N) is 2. The fourth-order valence-electron chi connectivity index (χ4n) is 3.03. The smallest absolute Gasteiger partial charge is 0.261 e. The highest BCUT2D eigenvalue weighted by Gasteiger charge is 2.20. The Morgan fingerprint density at radius 2 is 1.70 bits per heavy atom. The molecule has 0 atom stereocenters. The van der Waals surface area contributed by atoms with Crippen LogP contribution in [-0.4, -0.2) is 32.7 Å². The van der Waals surface area contributed by atoms with Crippen LogP contribution in [0.15, 0.2) is 65.6 Å². The molecule has 0 aliphatic carbocycles. The van der Waals surface area contributed by atoms with E-state index >= 15 is 0 Å². The van der Waals surface area contributed by atoms with Crippen LogP contribution in [0.1, 0.15) is 21.5 Å². The number of amides is 2. The van der Waals surface area contributed by atoms with Gasteiger partial charge in [-0.1, -0.05) is 41.9 Å². The number of hydrogen-bond acceptors (Lipinski definition) is 6. The summed E-state index contributed by atoms with van der Waals surface area (Å²) in [6.45, 7) is -0.550. The molecule has 196 valence electrons. The van der Waals surface area contributed by atoms with Gasteiger partial charge in [0.2, 0.25) is 0 Å². The summed E-state index contributed by atoms with van der Waals surface area (Å²) in [6, 6.07) is 13.8. The quantitative estimate of drug-likeness (QED) is 0.185. The molecule has 0 bridgehead atoms. The fraction of sp³-hybridized carbons (Fsp3) is 0.0870. The first kappa shape index (κ1) is 29.4. The van der Waals surface area contributed by atoms with Crippen molar-refractivity contribution in [3.05, 3.63) is 88.2 Å². The molecule has 0 aliphatic rings. The van der Waals surface area contributed by atoms with Crippen LogP contribution >= 0.6 is 24.0 Å². The molecule has 3 aromatic rings. The number of rotatable bonds is 10. The first-order valence-corrected chi connectivity index (χ1v) is 12.1. The lowest BCUT2D eigenvalue weighted by Gasteiger charge is -2.14. The highest BCUT2D eigenvalue weighted by atomic mass is 35.5. The maximum Gasteiger partial charge on any atom is 0.261 e. The number of ether oxygens (including phenoxy) is 1. The number of nitrogen functional groups attached to an aromatic ring is 1. The van der Waals surface area contributed by atoms with Crippen LogP contribution in [0.4, 0.5) is 10.1 Å². The molecular formula is C23H22Cl2FN5O5S. The molecule has 0 saturated carbocycles. The average molecular weight is 570 g/mol. The van der Waals surface area contributed by atoms with Crippen LogP contribution in [0.2, 0.25) is 5.02 Å². The minimum absolute atomic E-state index is 0. The Kier molecular flexibility index (Phi) is 9.83. The van der Waals surface area contributed by atoms with Crippen molar-refractivity contribution in [1.82, 2.24) is 5.32 Å². The van der Waals surface area contributed by atoms with E-state index in [1.807, 2.05) is 0 Å². The largest absolute Gasteiger partial charge is 0.483 e. The van der Waals surface area contributed by atoms with Crippen LogP contribution in [0.3, 0.4) is 0 Å². The zero-order chi connectivity index (χ0) is 26.5. The molecule has 0 fully saturated rings. The van der Waals surface area contributed by atoms with Gasteiger partial charge < -0.3 is 21.5 Å². The van der Waals surface area contributed by atoms with Crippen molar-refractivity contribution in [2.24, 2.45) is 11.5 Å². The predicted molar refractivity (Wildman–Crippen MR) is 139 cm³/mol. The number of benzene rings is 3. The summed E-state index contributed by atoms with van der Waals surface area (Å²) < 4.78 is 47.2. The number of hydrogen-bond donors (Lipinski definition) is 5. The minimum atomic E-state index is -4.14. The molecule has 0 heterocycles. The Labute approximate surface area is 223 Å². The van der Waals surface area contributed by atoms with Crippen molar-refractivity contribution < 1.29 is 27.1 Å². The van der Waals surface area contributed by atoms with Gasteiger partial charge in [0.05, 0.1) is 15.6 Å². The lowest BCUT2D eigenvalue weighted by Crippen LogP contribution is -2.25. The molecule has 7 N–H and O–H groups in total. The number of primary amides is 1. The molecule has 0 unspecified atom stereocenters. The van der Waals surface area contributed by atoms with Gasteiger partial charge in [0.1, 0.15) is 11.6 Å². The van der Waals surface area contributed by atoms with E-state index in [2.05, 4.69) is 10.0 Å². The van der Waals surface area contributed by atoms with Crippen LogP contribution in [-0.2, 0) is 21.4 Å². The second-order valence-electron chi connectivity index (χ2n) is 7.41. The Balaban J connectivity index is 0.00000481. The lowest BCUT2D eigenvalue weighted by atomic mass is 10.1. The molecule has 2 amide bonds. The van der Waals surface area contributed by atoms with Gasteiger partial charge in [-0.05, 0) is 30.3 Å². The summed E-state index contributed by atoms with van der Waals surface area (Å²) in [4.78, 5) is 23.8. The maximum atomic E-state index is 14.6. The third-order valence-electron chi connectivity index (χ3n) is 4.78. The van der Waals surface area contributed by atoms with Gasteiger partial charge in [-0.15, -0.1) is 12.4 Å². The number of amidine groups is 1. The highest BCUT2D eigenvalue weighted by molar-refractivity contribution is 7.92. The van der Waals surface area contributed by atoms with Crippen molar-refractivity contribution in [3.8, 4) is 5.75 Å². The first-order chi connectivity index (χ1) is 17.0. The van der Waals surface area contributed by atoms with Crippen molar-refractivity contribution in [1.29, 1.82) is 5.41 Å². The third kappa shape index (κ3) is 7.56. The van der Waals surface area contributed by atoms with Crippen molar-refractivity contribution >= 4 is 57.4 Å². The number of sulfonamides is 1. The Bertz CT molecular complexity index is 1440. The number of halogens is 3. The van der Waals surface area contributed by atoms with Gasteiger partial charge in [-0.3, -0.25) is 19.7 Å². The summed E-state index contributed by atoms with van der Waals surface area (Å²) in [5, 5.41) is 9.66. The molecule has 0 saturated heterocycles. The number of nitrogens with one attached hydrogen (secondary N) is 3. The van der Waals surface area contributed by atoms with Crippen molar-refractivity contribution in [2.45, 2.75) is 11.4 Å². The Morgan fingerprint density at radius 3 is 2.32 bits per heavy atom. The van der Waals surface area contributed by atoms with Crippen molar-refractivity contribution in [3.63, 3.8) is 0 Å². The second-order valence-corrected chi connectivity index (χ2v) is 9.50. The fourth-order valence-corrected chi connectivity index (χ4v) is 4.32. The van der Waals surface area contributed by atoms with E-state index in [0.29, 0.717) is 11.1 Å². The van der Waals surface area contributed by atoms with Gasteiger partial charge in [0.15, 0.2) is 12.4 Å². The number of anilines is 1. The van der Waals surface area contributed by atoms with E-state index in [-0.39, 0.29) is 41.0 Å². The maximum absolute atomic E-state index is 14.6. The van der Waals surface area contributed by atoms with Crippen LogP contribution in [0.25, 0.3) is 0 Å². The van der Waals surface area contributed by atoms with Crippen LogP contribution in [0, 0.1) is 11.2 Å². The minimum Gasteiger partial charge on any atom is -0.483 e. The van der Waals surface area contributed by atoms with Crippen LogP contribution in [0.5, 0.6) is 5.75 Å². The first-order valence-electron chi connectivity index (χ1n) is 10.2. The summed E-state index contributed by atoms with van der Waals surface area (Å²) in [7, 11) is -4.14. The van der Waals surface area contributed by atoms with E-state index in [0.717, 1.165) is 12.1 Å².